The lowest BCUT2D eigenvalue weighted by Gasteiger charge is -2.08. The van der Waals surface area contributed by atoms with E-state index in [2.05, 4.69) is 15.5 Å². The number of aromatic nitrogens is 2. The zero-order valence-corrected chi connectivity index (χ0v) is 10.8. The number of ether oxygens (including phenoxy) is 1. The first-order valence-electron chi connectivity index (χ1n) is 6.24. The Morgan fingerprint density at radius 1 is 1.25 bits per heavy atom. The van der Waals surface area contributed by atoms with Crippen molar-refractivity contribution in [1.82, 2.24) is 10.2 Å². The summed E-state index contributed by atoms with van der Waals surface area (Å²) in [5.41, 5.74) is 0.115. The molecule has 0 saturated heterocycles. The first kappa shape index (κ1) is 13.8. The molecule has 0 spiro atoms. The lowest BCUT2D eigenvalue weighted by Crippen LogP contribution is -2.12. The molecule has 20 heavy (non-hydrogen) atoms. The number of carbonyl (C=O) groups is 1. The van der Waals surface area contributed by atoms with E-state index in [1.165, 1.54) is 12.3 Å². The number of anilines is 1. The topological polar surface area (TPSA) is 84.3 Å². The van der Waals surface area contributed by atoms with E-state index >= 15 is 0 Å². The molecule has 0 aliphatic carbocycles. The minimum Gasteiger partial charge on any atom is -0.494 e. The van der Waals surface area contributed by atoms with E-state index in [9.17, 15) is 4.79 Å². The molecule has 0 bridgehead atoms. The Labute approximate surface area is 116 Å². The van der Waals surface area contributed by atoms with Crippen LogP contribution in [-0.2, 0) is 0 Å². The number of benzene rings is 1. The van der Waals surface area contributed by atoms with Crippen molar-refractivity contribution in [2.75, 3.05) is 18.5 Å². The molecule has 0 fully saturated rings. The van der Waals surface area contributed by atoms with Crippen LogP contribution in [0.1, 0.15) is 16.8 Å². The number of nitrogens with one attached hydrogen (secondary N) is 1. The van der Waals surface area contributed by atoms with Crippen LogP contribution < -0.4 is 10.1 Å². The first-order valence-corrected chi connectivity index (χ1v) is 6.24. The van der Waals surface area contributed by atoms with E-state index < -0.39 is 5.97 Å². The maximum atomic E-state index is 11.0. The number of aromatic carboxylic acids is 1. The predicted octanol–water partition coefficient (Wildman–Crippen LogP) is 2.06. The summed E-state index contributed by atoms with van der Waals surface area (Å²) in [6, 6.07) is 10.9. The van der Waals surface area contributed by atoms with Gasteiger partial charge in [0.15, 0.2) is 5.82 Å². The Bertz CT molecular complexity index is 561. The van der Waals surface area contributed by atoms with E-state index in [1.807, 2.05) is 30.3 Å². The highest BCUT2D eigenvalue weighted by Gasteiger charge is 2.10. The van der Waals surface area contributed by atoms with Crippen molar-refractivity contribution >= 4 is 11.8 Å². The van der Waals surface area contributed by atoms with E-state index in [0.29, 0.717) is 13.2 Å². The summed E-state index contributed by atoms with van der Waals surface area (Å²) in [6.07, 6.45) is 2.08. The highest BCUT2D eigenvalue weighted by Crippen LogP contribution is 2.10. The number of hydrogen-bond acceptors (Lipinski definition) is 5. The van der Waals surface area contributed by atoms with Gasteiger partial charge in [-0.15, -0.1) is 5.10 Å². The van der Waals surface area contributed by atoms with Gasteiger partial charge in [0, 0.05) is 6.54 Å². The van der Waals surface area contributed by atoms with Gasteiger partial charge >= 0.3 is 5.97 Å². The van der Waals surface area contributed by atoms with Crippen molar-refractivity contribution in [2.24, 2.45) is 0 Å². The Morgan fingerprint density at radius 3 is 2.80 bits per heavy atom. The average molecular weight is 273 g/mol. The second-order valence-corrected chi connectivity index (χ2v) is 4.04. The van der Waals surface area contributed by atoms with Gasteiger partial charge in [0.1, 0.15) is 11.3 Å². The number of para-hydroxylation sites is 1. The van der Waals surface area contributed by atoms with Crippen molar-refractivity contribution in [2.45, 2.75) is 6.42 Å². The fourth-order valence-corrected chi connectivity index (χ4v) is 1.62. The molecule has 6 heteroatoms. The summed E-state index contributed by atoms with van der Waals surface area (Å²) < 4.78 is 5.53. The highest BCUT2D eigenvalue weighted by atomic mass is 16.5. The molecule has 0 saturated carbocycles. The third kappa shape index (κ3) is 3.94. The maximum Gasteiger partial charge on any atom is 0.339 e. The largest absolute Gasteiger partial charge is 0.494 e. The lowest BCUT2D eigenvalue weighted by atomic mass is 10.3. The fraction of sp³-hybridized carbons (Fsp3) is 0.214. The zero-order valence-electron chi connectivity index (χ0n) is 10.8. The van der Waals surface area contributed by atoms with Crippen molar-refractivity contribution in [1.29, 1.82) is 0 Å². The number of carboxylic acid groups (broad SMARTS) is 1. The summed E-state index contributed by atoms with van der Waals surface area (Å²) in [5.74, 6) is 0.0703. The third-order valence-corrected chi connectivity index (χ3v) is 2.58. The first-order chi connectivity index (χ1) is 9.77. The molecule has 0 unspecified atom stereocenters. The molecule has 1 aromatic heterocycles. The molecular weight excluding hydrogens is 258 g/mol. The monoisotopic (exact) mass is 273 g/mol. The Morgan fingerprint density at radius 2 is 2.05 bits per heavy atom. The van der Waals surface area contributed by atoms with Gasteiger partial charge < -0.3 is 15.2 Å². The molecule has 0 aliphatic rings. The molecule has 2 N–H and O–H groups in total. The summed E-state index contributed by atoms with van der Waals surface area (Å²) in [5, 5.41) is 19.4. The summed E-state index contributed by atoms with van der Waals surface area (Å²) in [4.78, 5) is 11.0. The second-order valence-electron chi connectivity index (χ2n) is 4.04. The van der Waals surface area contributed by atoms with Gasteiger partial charge in [-0.3, -0.25) is 0 Å². The van der Waals surface area contributed by atoms with Crippen molar-refractivity contribution in [3.8, 4) is 5.75 Å². The maximum absolute atomic E-state index is 11.0. The molecule has 6 nitrogen and oxygen atoms in total. The van der Waals surface area contributed by atoms with Crippen LogP contribution in [0.2, 0.25) is 0 Å². The number of hydrogen-bond donors (Lipinski definition) is 2. The quantitative estimate of drug-likeness (QED) is 0.751. The molecule has 0 amide bonds. The summed E-state index contributed by atoms with van der Waals surface area (Å²) in [7, 11) is 0. The highest BCUT2D eigenvalue weighted by molar-refractivity contribution is 5.92. The Hall–Kier alpha value is -2.63. The van der Waals surface area contributed by atoms with Crippen LogP contribution in [0.4, 0.5) is 5.82 Å². The summed E-state index contributed by atoms with van der Waals surface area (Å²) >= 11 is 0. The van der Waals surface area contributed by atoms with E-state index in [1.54, 1.807) is 0 Å². The van der Waals surface area contributed by atoms with Gasteiger partial charge in [0.05, 0.1) is 12.8 Å². The van der Waals surface area contributed by atoms with E-state index in [-0.39, 0.29) is 11.4 Å². The van der Waals surface area contributed by atoms with Crippen molar-refractivity contribution < 1.29 is 14.6 Å². The SMILES string of the molecule is O=C(O)c1ccnnc1NCCCOc1ccccc1. The Kier molecular flexibility index (Phi) is 4.88. The van der Waals surface area contributed by atoms with E-state index in [0.717, 1.165) is 12.2 Å². The van der Waals surface area contributed by atoms with Crippen LogP contribution in [-0.4, -0.2) is 34.4 Å². The fourth-order valence-electron chi connectivity index (χ4n) is 1.62. The summed E-state index contributed by atoms with van der Waals surface area (Å²) in [6.45, 7) is 1.10. The smallest absolute Gasteiger partial charge is 0.339 e. The standard InChI is InChI=1S/C14H15N3O3/c18-14(19)12-7-9-16-17-13(12)15-8-4-10-20-11-5-2-1-3-6-11/h1-3,5-7,9H,4,8,10H2,(H,15,17)(H,18,19). The zero-order chi connectivity index (χ0) is 14.2. The third-order valence-electron chi connectivity index (χ3n) is 2.58. The van der Waals surface area contributed by atoms with Crippen molar-refractivity contribution in [3.05, 3.63) is 48.2 Å². The minimum atomic E-state index is -1.03. The second kappa shape index (κ2) is 7.08. The van der Waals surface area contributed by atoms with Crippen LogP contribution in [0.3, 0.4) is 0 Å². The molecule has 104 valence electrons. The van der Waals surface area contributed by atoms with Crippen LogP contribution in [0, 0.1) is 0 Å². The van der Waals surface area contributed by atoms with Gasteiger partial charge in [-0.05, 0) is 24.6 Å². The molecule has 1 aromatic carbocycles. The molecule has 1 heterocycles. The van der Waals surface area contributed by atoms with Crippen LogP contribution in [0.5, 0.6) is 5.75 Å². The number of carboxylic acids is 1. The predicted molar refractivity (Wildman–Crippen MR) is 74.0 cm³/mol. The number of rotatable bonds is 7. The molecular formula is C14H15N3O3. The van der Waals surface area contributed by atoms with Crippen LogP contribution >= 0.6 is 0 Å². The molecule has 2 aromatic rings. The van der Waals surface area contributed by atoms with Crippen LogP contribution in [0.15, 0.2) is 42.6 Å². The lowest BCUT2D eigenvalue weighted by molar-refractivity contribution is 0.0697. The van der Waals surface area contributed by atoms with E-state index in [4.69, 9.17) is 9.84 Å². The number of nitrogens with zero attached hydrogens (tertiary/aromatic N) is 2. The van der Waals surface area contributed by atoms with Gasteiger partial charge in [-0.1, -0.05) is 18.2 Å². The molecule has 2 rings (SSSR count). The molecule has 0 aliphatic heterocycles. The Balaban J connectivity index is 1.75. The van der Waals surface area contributed by atoms with Gasteiger partial charge in [-0.2, -0.15) is 5.10 Å². The van der Waals surface area contributed by atoms with Gasteiger partial charge in [0.2, 0.25) is 0 Å². The van der Waals surface area contributed by atoms with Gasteiger partial charge in [-0.25, -0.2) is 4.79 Å². The normalized spacial score (nSPS) is 10.0. The molecule has 0 radical (unpaired) electrons. The van der Waals surface area contributed by atoms with Crippen LogP contribution in [0.25, 0.3) is 0 Å². The molecule has 0 atom stereocenters. The average Bonchev–Trinajstić information content (AvgIpc) is 2.48. The minimum absolute atomic E-state index is 0.115. The van der Waals surface area contributed by atoms with Crippen molar-refractivity contribution in [3.63, 3.8) is 0 Å². The van der Waals surface area contributed by atoms with Gasteiger partial charge in [0.25, 0.3) is 0 Å².